The maximum Gasteiger partial charge on any atom is 0.270 e. The summed E-state index contributed by atoms with van der Waals surface area (Å²) in [6.07, 6.45) is 2.22. The van der Waals surface area contributed by atoms with Crippen LogP contribution in [0.1, 0.15) is 11.1 Å². The van der Waals surface area contributed by atoms with E-state index in [9.17, 15) is 14.9 Å². The molecule has 150 valence electrons. The topological polar surface area (TPSA) is 81.9 Å². The minimum Gasteiger partial charge on any atom is -0.493 e. The minimum absolute atomic E-state index is 0.0253. The molecule has 0 radical (unpaired) electrons. The van der Waals surface area contributed by atoms with E-state index in [0.717, 1.165) is 5.56 Å². The van der Waals surface area contributed by atoms with Crippen molar-refractivity contribution in [3.63, 3.8) is 0 Å². The summed E-state index contributed by atoms with van der Waals surface area (Å²) < 4.78 is 11.0. The highest BCUT2D eigenvalue weighted by Gasteiger charge is 2.31. The van der Waals surface area contributed by atoms with Crippen LogP contribution in [0.4, 0.5) is 5.69 Å². The molecule has 1 aliphatic rings. The number of carbonyl (C=O) groups excluding carboxylic acids is 1. The van der Waals surface area contributed by atoms with Gasteiger partial charge in [-0.2, -0.15) is 0 Å². The number of benzene rings is 2. The fraction of sp³-hybridized carbons (Fsp3) is 0.200. The number of methoxy groups -OCH3 is 2. The second-order valence-corrected chi connectivity index (χ2v) is 7.80. The van der Waals surface area contributed by atoms with Crippen molar-refractivity contribution in [2.24, 2.45) is 0 Å². The SMILES string of the molecule is COc1ccc(CCN2C(=O)/C(=C/c3cccc([N+](=O)[O-])c3)SC2=S)cc1OC. The average Bonchev–Trinajstić information content (AvgIpc) is 2.98. The number of thioether (sulfide) groups is 1. The first-order valence-corrected chi connectivity index (χ1v) is 9.86. The molecular weight excluding hydrogens is 412 g/mol. The number of thiocarbonyl (C=S) groups is 1. The Hall–Kier alpha value is -2.91. The van der Waals surface area contributed by atoms with Gasteiger partial charge in [-0.15, -0.1) is 0 Å². The van der Waals surface area contributed by atoms with Crippen molar-refractivity contribution in [1.29, 1.82) is 0 Å². The maximum atomic E-state index is 12.8. The molecule has 0 spiro atoms. The first-order chi connectivity index (χ1) is 13.9. The van der Waals surface area contributed by atoms with Gasteiger partial charge in [0.15, 0.2) is 11.5 Å². The Balaban J connectivity index is 1.72. The van der Waals surface area contributed by atoms with Gasteiger partial charge in [0.05, 0.1) is 24.0 Å². The molecule has 0 atom stereocenters. The van der Waals surface area contributed by atoms with Crippen molar-refractivity contribution in [2.75, 3.05) is 20.8 Å². The standard InChI is InChI=1S/C20H18N2O5S2/c1-26-16-7-6-13(11-17(16)27-2)8-9-21-19(23)18(29-20(21)28)12-14-4-3-5-15(10-14)22(24)25/h3-7,10-12H,8-9H2,1-2H3/b18-12-. The molecule has 0 bridgehead atoms. The van der Waals surface area contributed by atoms with Gasteiger partial charge in [0.2, 0.25) is 0 Å². The van der Waals surface area contributed by atoms with Crippen molar-refractivity contribution in [3.8, 4) is 11.5 Å². The predicted molar refractivity (Wildman–Crippen MR) is 116 cm³/mol. The quantitative estimate of drug-likeness (QED) is 0.284. The normalized spacial score (nSPS) is 15.1. The Morgan fingerprint density at radius 3 is 2.62 bits per heavy atom. The molecule has 2 aromatic carbocycles. The smallest absolute Gasteiger partial charge is 0.270 e. The number of nitro benzene ring substituents is 1. The molecule has 29 heavy (non-hydrogen) atoms. The van der Waals surface area contributed by atoms with E-state index in [1.807, 2.05) is 18.2 Å². The zero-order chi connectivity index (χ0) is 21.0. The molecule has 0 N–H and O–H groups in total. The summed E-state index contributed by atoms with van der Waals surface area (Å²) >= 11 is 6.55. The molecule has 9 heteroatoms. The largest absolute Gasteiger partial charge is 0.493 e. The van der Waals surface area contributed by atoms with Crippen LogP contribution in [0.25, 0.3) is 6.08 Å². The first-order valence-electron chi connectivity index (χ1n) is 8.63. The van der Waals surface area contributed by atoms with Gasteiger partial charge in [-0.25, -0.2) is 0 Å². The summed E-state index contributed by atoms with van der Waals surface area (Å²) in [5, 5.41) is 10.9. The number of non-ortho nitro benzene ring substituents is 1. The van der Waals surface area contributed by atoms with Crippen LogP contribution in [0, 0.1) is 10.1 Å². The fourth-order valence-corrected chi connectivity index (χ4v) is 4.16. The third-order valence-electron chi connectivity index (χ3n) is 4.32. The molecule has 1 fully saturated rings. The third kappa shape index (κ3) is 4.75. The van der Waals surface area contributed by atoms with E-state index in [1.165, 1.54) is 23.9 Å². The fourth-order valence-electron chi connectivity index (χ4n) is 2.85. The highest BCUT2D eigenvalue weighted by molar-refractivity contribution is 8.26. The average molecular weight is 431 g/mol. The number of nitro groups is 1. The highest BCUT2D eigenvalue weighted by Crippen LogP contribution is 2.33. The molecule has 0 saturated carbocycles. The van der Waals surface area contributed by atoms with Gasteiger partial charge in [0.25, 0.3) is 11.6 Å². The molecule has 7 nitrogen and oxygen atoms in total. The summed E-state index contributed by atoms with van der Waals surface area (Å²) in [7, 11) is 3.15. The van der Waals surface area contributed by atoms with Crippen molar-refractivity contribution in [1.82, 2.24) is 4.90 Å². The highest BCUT2D eigenvalue weighted by atomic mass is 32.2. The van der Waals surface area contributed by atoms with Crippen LogP contribution in [-0.2, 0) is 11.2 Å². The molecular formula is C20H18N2O5S2. The summed E-state index contributed by atoms with van der Waals surface area (Å²) in [5.74, 6) is 1.06. The molecule has 0 aromatic heterocycles. The van der Waals surface area contributed by atoms with E-state index in [0.29, 0.717) is 39.3 Å². The number of hydrogen-bond donors (Lipinski definition) is 0. The van der Waals surface area contributed by atoms with Gasteiger partial charge in [-0.1, -0.05) is 42.2 Å². The number of amides is 1. The van der Waals surface area contributed by atoms with Gasteiger partial charge in [0, 0.05) is 18.7 Å². The molecule has 3 rings (SSSR count). The van der Waals surface area contributed by atoms with Crippen molar-refractivity contribution < 1.29 is 19.2 Å². The van der Waals surface area contributed by atoms with Crippen LogP contribution in [-0.4, -0.2) is 40.8 Å². The van der Waals surface area contributed by atoms with E-state index < -0.39 is 4.92 Å². The van der Waals surface area contributed by atoms with Crippen LogP contribution in [0.3, 0.4) is 0 Å². The van der Waals surface area contributed by atoms with E-state index in [-0.39, 0.29) is 11.6 Å². The first kappa shape index (κ1) is 20.8. The Morgan fingerprint density at radius 2 is 1.93 bits per heavy atom. The van der Waals surface area contributed by atoms with Gasteiger partial charge in [-0.05, 0) is 35.8 Å². The van der Waals surface area contributed by atoms with Crippen LogP contribution >= 0.6 is 24.0 Å². The number of nitrogens with zero attached hydrogens (tertiary/aromatic N) is 2. The molecule has 1 aliphatic heterocycles. The zero-order valence-electron chi connectivity index (χ0n) is 15.8. The van der Waals surface area contributed by atoms with Gasteiger partial charge >= 0.3 is 0 Å². The number of rotatable bonds is 7. The van der Waals surface area contributed by atoms with Gasteiger partial charge in [0.1, 0.15) is 4.32 Å². The second kappa shape index (κ2) is 9.06. The lowest BCUT2D eigenvalue weighted by atomic mass is 10.1. The maximum absolute atomic E-state index is 12.8. The van der Waals surface area contributed by atoms with Crippen molar-refractivity contribution >= 4 is 46.0 Å². The Kier molecular flexibility index (Phi) is 6.50. The summed E-state index contributed by atoms with van der Waals surface area (Å²) in [6, 6.07) is 11.7. The van der Waals surface area contributed by atoms with Crippen molar-refractivity contribution in [3.05, 3.63) is 68.6 Å². The van der Waals surface area contributed by atoms with E-state index in [1.54, 1.807) is 37.3 Å². The molecule has 1 amide bonds. The van der Waals surface area contributed by atoms with Crippen LogP contribution in [0.15, 0.2) is 47.4 Å². The van der Waals surface area contributed by atoms with Gasteiger partial charge < -0.3 is 9.47 Å². The predicted octanol–water partition coefficient (Wildman–Crippen LogP) is 4.06. The zero-order valence-corrected chi connectivity index (χ0v) is 17.4. The van der Waals surface area contributed by atoms with Gasteiger partial charge in [-0.3, -0.25) is 19.8 Å². The lowest BCUT2D eigenvalue weighted by Gasteiger charge is -2.15. The van der Waals surface area contributed by atoms with Crippen LogP contribution in [0.5, 0.6) is 11.5 Å². The minimum atomic E-state index is -0.467. The van der Waals surface area contributed by atoms with E-state index >= 15 is 0 Å². The number of hydrogen-bond acceptors (Lipinski definition) is 7. The molecule has 1 saturated heterocycles. The summed E-state index contributed by atoms with van der Waals surface area (Å²) in [6.45, 7) is 0.423. The number of ether oxygens (including phenoxy) is 2. The molecule has 0 unspecified atom stereocenters. The van der Waals surface area contributed by atoms with E-state index in [2.05, 4.69) is 0 Å². The lowest BCUT2D eigenvalue weighted by Crippen LogP contribution is -2.30. The van der Waals surface area contributed by atoms with E-state index in [4.69, 9.17) is 21.7 Å². The van der Waals surface area contributed by atoms with Crippen LogP contribution < -0.4 is 9.47 Å². The molecule has 1 heterocycles. The van der Waals surface area contributed by atoms with Crippen molar-refractivity contribution in [2.45, 2.75) is 6.42 Å². The second-order valence-electron chi connectivity index (χ2n) is 6.12. The Bertz CT molecular complexity index is 1010. The monoisotopic (exact) mass is 430 g/mol. The number of carbonyl (C=O) groups is 1. The summed E-state index contributed by atoms with van der Waals surface area (Å²) in [5.41, 5.74) is 1.54. The Morgan fingerprint density at radius 1 is 1.17 bits per heavy atom. The summed E-state index contributed by atoms with van der Waals surface area (Å²) in [4.78, 5) is 25.2. The molecule has 2 aromatic rings. The third-order valence-corrected chi connectivity index (χ3v) is 5.70. The Labute approximate surface area is 177 Å². The van der Waals surface area contributed by atoms with Crippen LogP contribution in [0.2, 0.25) is 0 Å². The lowest BCUT2D eigenvalue weighted by molar-refractivity contribution is -0.384. The molecule has 0 aliphatic carbocycles.